The molecule has 2 aromatic carbocycles. The van der Waals surface area contributed by atoms with Crippen molar-refractivity contribution in [1.29, 1.82) is 0 Å². The van der Waals surface area contributed by atoms with Crippen LogP contribution in [0.2, 0.25) is 0 Å². The van der Waals surface area contributed by atoms with Gasteiger partial charge in [-0.1, -0.05) is 18.2 Å². The molecular formula is C32H34F3N8O3+. The summed E-state index contributed by atoms with van der Waals surface area (Å²) in [5.41, 5.74) is -0.644. The first kappa shape index (κ1) is 32.2. The maximum atomic E-state index is 14.0. The number of quaternary nitrogens is 1. The predicted molar refractivity (Wildman–Crippen MR) is 165 cm³/mol. The van der Waals surface area contributed by atoms with E-state index in [1.807, 2.05) is 21.1 Å². The molecule has 4 aromatic rings. The van der Waals surface area contributed by atoms with Crippen LogP contribution in [0, 0.1) is 6.57 Å². The fraction of sp³-hybridized carbons (Fsp3) is 0.344. The first-order valence-corrected chi connectivity index (χ1v) is 14.6. The van der Waals surface area contributed by atoms with Gasteiger partial charge >= 0.3 is 6.18 Å². The average molecular weight is 636 g/mol. The summed E-state index contributed by atoms with van der Waals surface area (Å²) in [5, 5.41) is 7.32. The lowest BCUT2D eigenvalue weighted by molar-refractivity contribution is -0.862. The predicted octanol–water partition coefficient (Wildman–Crippen LogP) is 4.03. The molecule has 2 aromatic heterocycles. The molecule has 5 rings (SSSR count). The Morgan fingerprint density at radius 2 is 1.72 bits per heavy atom. The molecule has 1 fully saturated rings. The van der Waals surface area contributed by atoms with Gasteiger partial charge in [0.2, 0.25) is 0 Å². The number of hydrogen-bond acceptors (Lipinski definition) is 4. The zero-order valence-electron chi connectivity index (χ0n) is 25.9. The van der Waals surface area contributed by atoms with Crippen molar-refractivity contribution in [2.24, 2.45) is 7.05 Å². The van der Waals surface area contributed by atoms with E-state index in [9.17, 15) is 27.6 Å². The number of benzene rings is 2. The molecule has 0 atom stereocenters. The first-order chi connectivity index (χ1) is 21.7. The van der Waals surface area contributed by atoms with E-state index in [0.29, 0.717) is 54.0 Å². The van der Waals surface area contributed by atoms with Gasteiger partial charge in [0.1, 0.15) is 11.3 Å². The van der Waals surface area contributed by atoms with Crippen LogP contribution in [-0.2, 0) is 18.0 Å². The van der Waals surface area contributed by atoms with Crippen molar-refractivity contribution in [2.75, 3.05) is 40.8 Å². The van der Waals surface area contributed by atoms with Crippen molar-refractivity contribution in [2.45, 2.75) is 25.1 Å². The van der Waals surface area contributed by atoms with Crippen LogP contribution in [0.5, 0.6) is 0 Å². The second-order valence-electron chi connectivity index (χ2n) is 12.2. The number of nitrogens with zero attached hydrogens (tertiary/aromatic N) is 7. The van der Waals surface area contributed by atoms with Gasteiger partial charge in [0.25, 0.3) is 17.4 Å². The van der Waals surface area contributed by atoms with Crippen LogP contribution in [0.1, 0.15) is 28.8 Å². The molecule has 0 radical (unpaired) electrons. The molecular weight excluding hydrogens is 601 g/mol. The third-order valence-corrected chi connectivity index (χ3v) is 7.81. The lowest BCUT2D eigenvalue weighted by atomic mass is 10.0. The lowest BCUT2D eigenvalue weighted by Crippen LogP contribution is -2.51. The molecule has 1 saturated heterocycles. The molecule has 14 heteroatoms. The number of carbonyl (C=O) groups is 2. The minimum absolute atomic E-state index is 0.0179. The number of likely N-dealkylation sites (N-methyl/N-ethyl adjacent to an activating group) is 1. The molecule has 3 heterocycles. The SMILES string of the molecule is [C-]#[N+]c1ccc(-n2nccc2-c2c(C(=O)NC3CCN(C(=O)C[N+](C)(C)C)CC3)c(=O)n(-c3cccc(C(F)(F)F)c3)n2C)cc1. The van der Waals surface area contributed by atoms with Crippen molar-refractivity contribution in [3.63, 3.8) is 0 Å². The Kier molecular flexibility index (Phi) is 8.64. The van der Waals surface area contributed by atoms with Crippen molar-refractivity contribution in [3.05, 3.63) is 93.7 Å². The average Bonchev–Trinajstić information content (AvgIpc) is 3.58. The minimum atomic E-state index is -4.65. The van der Waals surface area contributed by atoms with E-state index in [4.69, 9.17) is 6.57 Å². The summed E-state index contributed by atoms with van der Waals surface area (Å²) < 4.78 is 45.2. The summed E-state index contributed by atoms with van der Waals surface area (Å²) in [7, 11) is 7.29. The summed E-state index contributed by atoms with van der Waals surface area (Å²) in [6, 6.07) is 12.1. The normalized spacial score (nSPS) is 14.3. The summed E-state index contributed by atoms with van der Waals surface area (Å²) in [5.74, 6) is -0.669. The molecule has 1 N–H and O–H groups in total. The van der Waals surface area contributed by atoms with Gasteiger partial charge in [-0.15, -0.1) is 0 Å². The van der Waals surface area contributed by atoms with E-state index < -0.39 is 23.2 Å². The van der Waals surface area contributed by atoms with Gasteiger partial charge in [0.05, 0.1) is 56.5 Å². The van der Waals surface area contributed by atoms with E-state index in [0.717, 1.165) is 16.8 Å². The zero-order chi connectivity index (χ0) is 33.4. The summed E-state index contributed by atoms with van der Waals surface area (Å²) in [6.07, 6.45) is -2.21. The molecule has 0 bridgehead atoms. The largest absolute Gasteiger partial charge is 0.416 e. The minimum Gasteiger partial charge on any atom is -0.349 e. The number of amides is 2. The maximum absolute atomic E-state index is 14.0. The van der Waals surface area contributed by atoms with E-state index in [-0.39, 0.29) is 28.9 Å². The fourth-order valence-electron chi connectivity index (χ4n) is 5.60. The topological polar surface area (TPSA) is 98.5 Å². The Morgan fingerprint density at radius 1 is 1.04 bits per heavy atom. The second-order valence-corrected chi connectivity index (χ2v) is 12.2. The monoisotopic (exact) mass is 635 g/mol. The van der Waals surface area contributed by atoms with Crippen LogP contribution >= 0.6 is 0 Å². The number of hydrogen-bond donors (Lipinski definition) is 1. The van der Waals surface area contributed by atoms with Gasteiger partial charge < -0.3 is 14.7 Å². The van der Waals surface area contributed by atoms with Gasteiger partial charge in [-0.25, -0.2) is 14.2 Å². The highest BCUT2D eigenvalue weighted by Gasteiger charge is 2.34. The van der Waals surface area contributed by atoms with E-state index in [2.05, 4.69) is 15.3 Å². The second kappa shape index (κ2) is 12.3. The van der Waals surface area contributed by atoms with E-state index >= 15 is 0 Å². The molecule has 0 saturated carbocycles. The Morgan fingerprint density at radius 3 is 2.33 bits per heavy atom. The maximum Gasteiger partial charge on any atom is 0.416 e. The lowest BCUT2D eigenvalue weighted by Gasteiger charge is -2.34. The molecule has 0 unspecified atom stereocenters. The smallest absolute Gasteiger partial charge is 0.349 e. The van der Waals surface area contributed by atoms with Crippen LogP contribution in [0.4, 0.5) is 18.9 Å². The number of aromatic nitrogens is 4. The molecule has 240 valence electrons. The fourth-order valence-corrected chi connectivity index (χ4v) is 5.60. The van der Waals surface area contributed by atoms with E-state index in [1.54, 1.807) is 35.2 Å². The number of nitrogens with one attached hydrogen (secondary N) is 1. The Bertz CT molecular complexity index is 1870. The zero-order valence-corrected chi connectivity index (χ0v) is 25.9. The van der Waals surface area contributed by atoms with Crippen LogP contribution in [0.25, 0.3) is 27.6 Å². The van der Waals surface area contributed by atoms with Crippen molar-refractivity contribution in [3.8, 4) is 22.8 Å². The highest BCUT2D eigenvalue weighted by atomic mass is 19.4. The highest BCUT2D eigenvalue weighted by molar-refractivity contribution is 6.00. The molecule has 0 spiro atoms. The summed E-state index contributed by atoms with van der Waals surface area (Å²) in [4.78, 5) is 45.9. The van der Waals surface area contributed by atoms with Gasteiger partial charge in [-0.2, -0.15) is 18.3 Å². The number of rotatable bonds is 7. The van der Waals surface area contributed by atoms with Crippen LogP contribution in [0.3, 0.4) is 0 Å². The first-order valence-electron chi connectivity index (χ1n) is 14.6. The van der Waals surface area contributed by atoms with Crippen molar-refractivity contribution >= 4 is 17.5 Å². The highest BCUT2D eigenvalue weighted by Crippen LogP contribution is 2.31. The van der Waals surface area contributed by atoms with Crippen LogP contribution in [0.15, 0.2) is 65.6 Å². The Hall–Kier alpha value is -5.16. The number of halogens is 3. The summed E-state index contributed by atoms with van der Waals surface area (Å²) in [6.45, 7) is 8.45. The number of carbonyl (C=O) groups excluding carboxylic acids is 2. The Balaban J connectivity index is 1.54. The standard InChI is InChI=1S/C32H33F3N8O3/c1-36-22-9-11-24(12-10-22)41-26(13-16-37-41)29-28(30(45)38-23-14-17-40(18-15-23)27(44)20-43(3,4)5)31(46)42(39(29)2)25-8-6-7-21(19-25)32(33,34)35/h6-13,16,19,23H,14-15,17-18,20H2,2-5H3/p+1. The third kappa shape index (κ3) is 6.59. The van der Waals surface area contributed by atoms with Crippen LogP contribution < -0.4 is 10.9 Å². The number of alkyl halides is 3. The summed E-state index contributed by atoms with van der Waals surface area (Å²) >= 11 is 0. The van der Waals surface area contributed by atoms with E-state index in [1.165, 1.54) is 34.7 Å². The molecule has 0 aliphatic carbocycles. The van der Waals surface area contributed by atoms with Gasteiger partial charge in [-0.3, -0.25) is 19.1 Å². The van der Waals surface area contributed by atoms with Crippen molar-refractivity contribution < 1.29 is 27.2 Å². The third-order valence-electron chi connectivity index (χ3n) is 7.81. The van der Waals surface area contributed by atoms with Gasteiger partial charge in [0, 0.05) is 26.2 Å². The van der Waals surface area contributed by atoms with Gasteiger partial charge in [-0.05, 0) is 49.2 Å². The molecule has 46 heavy (non-hydrogen) atoms. The van der Waals surface area contributed by atoms with Crippen LogP contribution in [-0.4, -0.2) is 87.2 Å². The Labute approximate surface area is 263 Å². The van der Waals surface area contributed by atoms with Crippen molar-refractivity contribution in [1.82, 2.24) is 29.4 Å². The molecule has 11 nitrogen and oxygen atoms in total. The molecule has 1 aliphatic heterocycles. The van der Waals surface area contributed by atoms with Gasteiger partial charge in [0.15, 0.2) is 12.2 Å². The molecule has 2 amide bonds. The molecule has 1 aliphatic rings. The number of piperidine rings is 1. The number of likely N-dealkylation sites (tertiary alicyclic amines) is 1. The quantitative estimate of drug-likeness (QED) is 0.245.